The lowest BCUT2D eigenvalue weighted by atomic mass is 10.2. The highest BCUT2D eigenvalue weighted by atomic mass is 32.2. The summed E-state index contributed by atoms with van der Waals surface area (Å²) in [5.74, 6) is 0.559. The van der Waals surface area contributed by atoms with Crippen LogP contribution in [-0.4, -0.2) is 24.5 Å². The first-order valence-electron chi connectivity index (χ1n) is 8.42. The summed E-state index contributed by atoms with van der Waals surface area (Å²) in [7, 11) is -3.70. The number of nitrogens with two attached hydrogens (primary N) is 1. The van der Waals surface area contributed by atoms with Crippen molar-refractivity contribution in [1.82, 2.24) is 9.55 Å². The normalized spacial score (nSPS) is 14.2. The van der Waals surface area contributed by atoms with Crippen LogP contribution in [0.3, 0.4) is 0 Å². The van der Waals surface area contributed by atoms with E-state index in [9.17, 15) is 12.8 Å². The van der Waals surface area contributed by atoms with Gasteiger partial charge < -0.3 is 9.47 Å². The summed E-state index contributed by atoms with van der Waals surface area (Å²) in [6, 6.07) is 9.61. The van der Waals surface area contributed by atoms with Crippen molar-refractivity contribution in [2.75, 3.05) is 11.4 Å². The number of aromatic nitrogens is 2. The lowest BCUT2D eigenvalue weighted by Crippen LogP contribution is -2.22. The maximum absolute atomic E-state index is 13.5. The van der Waals surface area contributed by atoms with Gasteiger partial charge in [-0.2, -0.15) is 0 Å². The first kappa shape index (κ1) is 17.0. The summed E-state index contributed by atoms with van der Waals surface area (Å²) in [4.78, 5) is 6.90. The standard InChI is InChI=1S/C18H19FN4O2S/c1-2-23-17-5-3-13(19)10-15(17)21-18(23)11-22-8-7-12-9-14(26(20,24)25)4-6-16(12)22/h3-6,9-10H,2,7-8,11H2,1H3,(H2,20,24,25). The molecule has 2 N–H and O–H groups in total. The molecule has 3 aromatic rings. The summed E-state index contributed by atoms with van der Waals surface area (Å²) in [6.45, 7) is 4.11. The molecule has 0 bridgehead atoms. The SMILES string of the molecule is CCn1c(CN2CCc3cc(S(N)(=O)=O)ccc32)nc2cc(F)ccc21. The maximum Gasteiger partial charge on any atom is 0.238 e. The van der Waals surface area contributed by atoms with Gasteiger partial charge in [0.15, 0.2) is 0 Å². The lowest BCUT2D eigenvalue weighted by molar-refractivity contribution is 0.597. The Hall–Kier alpha value is -2.45. The van der Waals surface area contributed by atoms with Crippen LogP contribution < -0.4 is 10.0 Å². The molecular formula is C18H19FN4O2S. The van der Waals surface area contributed by atoms with E-state index in [0.717, 1.165) is 42.1 Å². The molecular weight excluding hydrogens is 355 g/mol. The van der Waals surface area contributed by atoms with Crippen LogP contribution in [0.1, 0.15) is 18.3 Å². The van der Waals surface area contributed by atoms with Gasteiger partial charge in [0.1, 0.15) is 11.6 Å². The van der Waals surface area contributed by atoms with E-state index >= 15 is 0 Å². The Morgan fingerprint density at radius 2 is 2.04 bits per heavy atom. The number of hydrogen-bond donors (Lipinski definition) is 1. The van der Waals surface area contributed by atoms with E-state index in [1.54, 1.807) is 18.2 Å². The molecule has 136 valence electrons. The van der Waals surface area contributed by atoms with Gasteiger partial charge in [0.2, 0.25) is 10.0 Å². The predicted octanol–water partition coefficient (Wildman–Crippen LogP) is 2.41. The number of benzene rings is 2. The molecule has 0 atom stereocenters. The number of halogens is 1. The molecule has 8 heteroatoms. The molecule has 0 aliphatic carbocycles. The Morgan fingerprint density at radius 3 is 2.77 bits per heavy atom. The Balaban J connectivity index is 1.69. The fourth-order valence-electron chi connectivity index (χ4n) is 3.58. The quantitative estimate of drug-likeness (QED) is 0.760. The molecule has 0 radical (unpaired) electrons. The number of imidazole rings is 1. The van der Waals surface area contributed by atoms with E-state index in [1.807, 2.05) is 6.92 Å². The van der Waals surface area contributed by atoms with E-state index in [1.165, 1.54) is 18.2 Å². The highest BCUT2D eigenvalue weighted by molar-refractivity contribution is 7.89. The van der Waals surface area contributed by atoms with Crippen LogP contribution >= 0.6 is 0 Å². The van der Waals surface area contributed by atoms with Crippen LogP contribution in [0, 0.1) is 5.82 Å². The summed E-state index contributed by atoms with van der Waals surface area (Å²) in [5.41, 5.74) is 3.50. The molecule has 0 spiro atoms. The lowest BCUT2D eigenvalue weighted by Gasteiger charge is -2.19. The van der Waals surface area contributed by atoms with Gasteiger partial charge in [-0.1, -0.05) is 0 Å². The fraction of sp³-hybridized carbons (Fsp3) is 0.278. The van der Waals surface area contributed by atoms with Crippen molar-refractivity contribution in [2.45, 2.75) is 31.3 Å². The first-order valence-corrected chi connectivity index (χ1v) is 9.97. The maximum atomic E-state index is 13.5. The van der Waals surface area contributed by atoms with E-state index in [-0.39, 0.29) is 10.7 Å². The molecule has 0 amide bonds. The van der Waals surface area contributed by atoms with Crippen LogP contribution in [0.2, 0.25) is 0 Å². The van der Waals surface area contributed by atoms with Gasteiger partial charge in [-0.25, -0.2) is 22.9 Å². The number of nitrogens with zero attached hydrogens (tertiary/aromatic N) is 3. The predicted molar refractivity (Wildman–Crippen MR) is 97.9 cm³/mol. The monoisotopic (exact) mass is 374 g/mol. The van der Waals surface area contributed by atoms with Crippen molar-refractivity contribution in [2.24, 2.45) is 5.14 Å². The minimum absolute atomic E-state index is 0.134. The second kappa shape index (κ2) is 6.07. The number of sulfonamides is 1. The van der Waals surface area contributed by atoms with Gasteiger partial charge in [0, 0.05) is 24.8 Å². The molecule has 6 nitrogen and oxygen atoms in total. The van der Waals surface area contributed by atoms with Gasteiger partial charge in [0.25, 0.3) is 0 Å². The van der Waals surface area contributed by atoms with Crippen LogP contribution in [0.5, 0.6) is 0 Å². The summed E-state index contributed by atoms with van der Waals surface area (Å²) in [5, 5.41) is 5.22. The molecule has 1 aliphatic heterocycles. The Labute approximate surface area is 151 Å². The van der Waals surface area contributed by atoms with Crippen molar-refractivity contribution >= 4 is 26.7 Å². The highest BCUT2D eigenvalue weighted by Crippen LogP contribution is 2.31. The average molecular weight is 374 g/mol. The van der Waals surface area contributed by atoms with Crippen molar-refractivity contribution in [1.29, 1.82) is 0 Å². The Bertz CT molecular complexity index is 1110. The highest BCUT2D eigenvalue weighted by Gasteiger charge is 2.23. The molecule has 26 heavy (non-hydrogen) atoms. The van der Waals surface area contributed by atoms with Gasteiger partial charge >= 0.3 is 0 Å². The second-order valence-corrected chi connectivity index (χ2v) is 7.97. The number of hydrogen-bond acceptors (Lipinski definition) is 4. The molecule has 0 unspecified atom stereocenters. The third-order valence-corrected chi connectivity index (χ3v) is 5.72. The topological polar surface area (TPSA) is 81.2 Å². The molecule has 4 rings (SSSR count). The number of aryl methyl sites for hydroxylation is 1. The average Bonchev–Trinajstić information content (AvgIpc) is 3.14. The van der Waals surface area contributed by atoms with Gasteiger partial charge in [-0.15, -0.1) is 0 Å². The number of rotatable bonds is 4. The van der Waals surface area contributed by atoms with E-state index in [0.29, 0.717) is 12.1 Å². The van der Waals surface area contributed by atoms with Gasteiger partial charge in [0.05, 0.1) is 22.5 Å². The zero-order valence-corrected chi connectivity index (χ0v) is 15.1. The molecule has 1 aliphatic rings. The summed E-state index contributed by atoms with van der Waals surface area (Å²) < 4.78 is 38.6. The minimum atomic E-state index is -3.70. The van der Waals surface area contributed by atoms with E-state index < -0.39 is 10.0 Å². The first-order chi connectivity index (χ1) is 12.4. The van der Waals surface area contributed by atoms with Gasteiger partial charge in [-0.05, 0) is 49.2 Å². The van der Waals surface area contributed by atoms with Crippen LogP contribution in [0.4, 0.5) is 10.1 Å². The van der Waals surface area contributed by atoms with Crippen LogP contribution in [0.25, 0.3) is 11.0 Å². The number of primary sulfonamides is 1. The minimum Gasteiger partial charge on any atom is -0.363 e. The number of fused-ring (bicyclic) bond motifs is 2. The fourth-order valence-corrected chi connectivity index (χ4v) is 4.15. The van der Waals surface area contributed by atoms with Crippen molar-refractivity contribution < 1.29 is 12.8 Å². The number of anilines is 1. The zero-order chi connectivity index (χ0) is 18.5. The van der Waals surface area contributed by atoms with Crippen molar-refractivity contribution in [3.63, 3.8) is 0 Å². The Morgan fingerprint density at radius 1 is 1.23 bits per heavy atom. The molecule has 0 saturated carbocycles. The zero-order valence-electron chi connectivity index (χ0n) is 14.3. The smallest absolute Gasteiger partial charge is 0.238 e. The molecule has 2 aromatic carbocycles. The third kappa shape index (κ3) is 2.85. The van der Waals surface area contributed by atoms with E-state index in [4.69, 9.17) is 5.14 Å². The summed E-state index contributed by atoms with van der Waals surface area (Å²) >= 11 is 0. The largest absolute Gasteiger partial charge is 0.363 e. The summed E-state index contributed by atoms with van der Waals surface area (Å²) in [6.07, 6.45) is 0.750. The molecule has 2 heterocycles. The van der Waals surface area contributed by atoms with Crippen LogP contribution in [-0.2, 0) is 29.5 Å². The Kier molecular flexibility index (Phi) is 3.96. The van der Waals surface area contributed by atoms with Crippen molar-refractivity contribution in [3.8, 4) is 0 Å². The molecule has 0 saturated heterocycles. The van der Waals surface area contributed by atoms with E-state index in [2.05, 4.69) is 14.5 Å². The van der Waals surface area contributed by atoms with Crippen molar-refractivity contribution in [3.05, 3.63) is 53.6 Å². The third-order valence-electron chi connectivity index (χ3n) is 4.81. The molecule has 0 fully saturated rings. The van der Waals surface area contributed by atoms with Gasteiger partial charge in [-0.3, -0.25) is 0 Å². The van der Waals surface area contributed by atoms with Crippen LogP contribution in [0.15, 0.2) is 41.3 Å². The molecule has 1 aromatic heterocycles. The second-order valence-electron chi connectivity index (χ2n) is 6.41.